The van der Waals surface area contributed by atoms with Crippen molar-refractivity contribution in [3.63, 3.8) is 0 Å². The first-order chi connectivity index (χ1) is 7.72. The molecule has 0 aliphatic carbocycles. The van der Waals surface area contributed by atoms with Crippen molar-refractivity contribution in [2.24, 2.45) is 0 Å². The third-order valence-corrected chi connectivity index (χ3v) is 2.00. The minimum atomic E-state index is -0.677. The number of hydrogen-bond donors (Lipinski definition) is 1. The lowest BCUT2D eigenvalue weighted by Crippen LogP contribution is -2.00. The molecule has 4 nitrogen and oxygen atoms in total. The molecule has 0 radical (unpaired) electrons. The number of nitrogens with zero attached hydrogens (tertiary/aromatic N) is 3. The van der Waals surface area contributed by atoms with Crippen LogP contribution >= 0.6 is 0 Å². The Bertz CT molecular complexity index is 516. The van der Waals surface area contributed by atoms with Crippen LogP contribution in [0.4, 0.5) is 14.7 Å². The van der Waals surface area contributed by atoms with Crippen molar-refractivity contribution in [1.82, 2.24) is 15.0 Å². The largest absolute Gasteiger partial charge is 0.357 e. The van der Waals surface area contributed by atoms with Crippen molar-refractivity contribution in [3.05, 3.63) is 36.3 Å². The average molecular weight is 222 g/mol. The van der Waals surface area contributed by atoms with Gasteiger partial charge in [-0.2, -0.15) is 0 Å². The maximum atomic E-state index is 13.4. The van der Waals surface area contributed by atoms with E-state index in [1.54, 1.807) is 7.05 Å². The lowest BCUT2D eigenvalue weighted by Gasteiger charge is -2.05. The van der Waals surface area contributed by atoms with E-state index in [2.05, 4.69) is 20.3 Å². The summed E-state index contributed by atoms with van der Waals surface area (Å²) in [6.07, 6.45) is 3.38. The fourth-order valence-electron chi connectivity index (χ4n) is 1.24. The minimum absolute atomic E-state index is 0.0615. The first-order valence-corrected chi connectivity index (χ1v) is 4.52. The van der Waals surface area contributed by atoms with E-state index in [4.69, 9.17) is 0 Å². The third kappa shape index (κ3) is 1.81. The Balaban J connectivity index is 2.59. The molecule has 2 heterocycles. The molecule has 1 N–H and O–H groups in total. The van der Waals surface area contributed by atoms with Crippen molar-refractivity contribution in [1.29, 1.82) is 0 Å². The summed E-state index contributed by atoms with van der Waals surface area (Å²) in [6.45, 7) is 0. The Morgan fingerprint density at radius 3 is 2.69 bits per heavy atom. The lowest BCUT2D eigenvalue weighted by molar-refractivity contribution is 0.604. The topological polar surface area (TPSA) is 50.7 Å². The van der Waals surface area contributed by atoms with E-state index in [-0.39, 0.29) is 17.2 Å². The summed E-state index contributed by atoms with van der Waals surface area (Å²) in [5, 5.41) is 2.66. The average Bonchev–Trinajstić information content (AvgIpc) is 2.31. The number of nitrogens with one attached hydrogen (secondary N) is 1. The predicted molar refractivity (Wildman–Crippen MR) is 54.7 cm³/mol. The molecule has 0 atom stereocenters. The Morgan fingerprint density at radius 1 is 1.19 bits per heavy atom. The Morgan fingerprint density at radius 2 is 2.00 bits per heavy atom. The van der Waals surface area contributed by atoms with E-state index < -0.39 is 11.6 Å². The van der Waals surface area contributed by atoms with Crippen LogP contribution in [0.15, 0.2) is 24.7 Å². The molecule has 2 rings (SSSR count). The SMILES string of the molecule is CNc1ncc(F)c(-c2ccncc2F)n1. The van der Waals surface area contributed by atoms with Gasteiger partial charge >= 0.3 is 0 Å². The van der Waals surface area contributed by atoms with Crippen LogP contribution in [0.25, 0.3) is 11.3 Å². The van der Waals surface area contributed by atoms with E-state index in [0.717, 1.165) is 12.4 Å². The molecule has 0 saturated heterocycles. The minimum Gasteiger partial charge on any atom is -0.357 e. The maximum Gasteiger partial charge on any atom is 0.223 e. The summed E-state index contributed by atoms with van der Waals surface area (Å²) < 4.78 is 26.8. The fraction of sp³-hybridized carbons (Fsp3) is 0.100. The van der Waals surface area contributed by atoms with Gasteiger partial charge in [0.2, 0.25) is 5.95 Å². The fourth-order valence-corrected chi connectivity index (χ4v) is 1.24. The molecule has 0 amide bonds. The second kappa shape index (κ2) is 4.18. The summed E-state index contributed by atoms with van der Waals surface area (Å²) in [6, 6.07) is 1.36. The predicted octanol–water partition coefficient (Wildman–Crippen LogP) is 1.86. The highest BCUT2D eigenvalue weighted by Gasteiger charge is 2.12. The first-order valence-electron chi connectivity index (χ1n) is 4.52. The van der Waals surface area contributed by atoms with Gasteiger partial charge in [0, 0.05) is 18.8 Å². The molecular weight excluding hydrogens is 214 g/mol. The van der Waals surface area contributed by atoms with Gasteiger partial charge in [0.15, 0.2) is 11.6 Å². The van der Waals surface area contributed by atoms with Gasteiger partial charge < -0.3 is 5.32 Å². The summed E-state index contributed by atoms with van der Waals surface area (Å²) in [4.78, 5) is 11.1. The Hall–Kier alpha value is -2.11. The van der Waals surface area contributed by atoms with Gasteiger partial charge in [-0.05, 0) is 6.07 Å². The first kappa shape index (κ1) is 10.4. The molecule has 0 unspecified atom stereocenters. The molecule has 0 fully saturated rings. The van der Waals surface area contributed by atoms with E-state index >= 15 is 0 Å². The van der Waals surface area contributed by atoms with Crippen molar-refractivity contribution >= 4 is 5.95 Å². The number of hydrogen-bond acceptors (Lipinski definition) is 4. The number of aromatic nitrogens is 3. The van der Waals surface area contributed by atoms with E-state index in [9.17, 15) is 8.78 Å². The molecular formula is C10H8F2N4. The molecule has 0 spiro atoms. The van der Waals surface area contributed by atoms with Gasteiger partial charge in [-0.15, -0.1) is 0 Å². The number of anilines is 1. The summed E-state index contributed by atoms with van der Waals surface area (Å²) in [7, 11) is 1.60. The van der Waals surface area contributed by atoms with Crippen molar-refractivity contribution in [2.45, 2.75) is 0 Å². The quantitative estimate of drug-likeness (QED) is 0.842. The molecule has 82 valence electrons. The highest BCUT2D eigenvalue weighted by Crippen LogP contribution is 2.22. The zero-order valence-electron chi connectivity index (χ0n) is 8.41. The molecule has 0 bridgehead atoms. The van der Waals surface area contributed by atoms with Gasteiger partial charge in [-0.25, -0.2) is 18.7 Å². The Labute approximate surface area is 90.4 Å². The van der Waals surface area contributed by atoms with Crippen LogP contribution in [0.5, 0.6) is 0 Å². The van der Waals surface area contributed by atoms with Crippen LogP contribution in [-0.4, -0.2) is 22.0 Å². The second-order valence-electron chi connectivity index (χ2n) is 3.00. The molecule has 6 heteroatoms. The van der Waals surface area contributed by atoms with Crippen LogP contribution < -0.4 is 5.32 Å². The molecule has 0 aromatic carbocycles. The van der Waals surface area contributed by atoms with E-state index in [1.807, 2.05) is 0 Å². The van der Waals surface area contributed by atoms with Crippen LogP contribution in [-0.2, 0) is 0 Å². The highest BCUT2D eigenvalue weighted by molar-refractivity contribution is 5.60. The molecule has 2 aromatic heterocycles. The summed E-state index contributed by atoms with van der Waals surface area (Å²) in [5.74, 6) is -1.07. The van der Waals surface area contributed by atoms with Gasteiger partial charge in [0.1, 0.15) is 5.69 Å². The smallest absolute Gasteiger partial charge is 0.223 e. The van der Waals surface area contributed by atoms with Crippen LogP contribution in [0, 0.1) is 11.6 Å². The molecule has 0 aliphatic rings. The van der Waals surface area contributed by atoms with E-state index in [1.165, 1.54) is 12.3 Å². The molecule has 0 saturated carbocycles. The van der Waals surface area contributed by atoms with Gasteiger partial charge in [0.25, 0.3) is 0 Å². The summed E-state index contributed by atoms with van der Waals surface area (Å²) >= 11 is 0. The maximum absolute atomic E-state index is 13.4. The number of halogens is 2. The monoisotopic (exact) mass is 222 g/mol. The van der Waals surface area contributed by atoms with E-state index in [0.29, 0.717) is 0 Å². The zero-order chi connectivity index (χ0) is 11.5. The lowest BCUT2D eigenvalue weighted by atomic mass is 10.2. The normalized spacial score (nSPS) is 10.2. The third-order valence-electron chi connectivity index (χ3n) is 2.00. The number of rotatable bonds is 2. The van der Waals surface area contributed by atoms with Crippen LogP contribution in [0.2, 0.25) is 0 Å². The Kier molecular flexibility index (Phi) is 2.72. The van der Waals surface area contributed by atoms with Crippen molar-refractivity contribution < 1.29 is 8.78 Å². The summed E-state index contributed by atoms with van der Waals surface area (Å²) in [5.41, 5.74) is -0.0225. The standard InChI is InChI=1S/C10H8F2N4/c1-13-10-15-5-8(12)9(16-10)6-2-3-14-4-7(6)11/h2-5H,1H3,(H,13,15,16). The van der Waals surface area contributed by atoms with Crippen LogP contribution in [0.3, 0.4) is 0 Å². The van der Waals surface area contributed by atoms with Gasteiger partial charge in [-0.3, -0.25) is 4.98 Å². The van der Waals surface area contributed by atoms with Gasteiger partial charge in [0.05, 0.1) is 12.4 Å². The van der Waals surface area contributed by atoms with Gasteiger partial charge in [-0.1, -0.05) is 0 Å². The van der Waals surface area contributed by atoms with Crippen molar-refractivity contribution in [2.75, 3.05) is 12.4 Å². The molecule has 2 aromatic rings. The molecule has 16 heavy (non-hydrogen) atoms. The highest BCUT2D eigenvalue weighted by atomic mass is 19.1. The second-order valence-corrected chi connectivity index (χ2v) is 3.00. The van der Waals surface area contributed by atoms with Crippen molar-refractivity contribution in [3.8, 4) is 11.3 Å². The number of pyridine rings is 1. The molecule has 0 aliphatic heterocycles. The van der Waals surface area contributed by atoms with Crippen LogP contribution in [0.1, 0.15) is 0 Å². The zero-order valence-corrected chi connectivity index (χ0v) is 8.41.